The molecule has 1 amide bonds. The molecule has 0 aliphatic rings. The van der Waals surface area contributed by atoms with Crippen molar-refractivity contribution in [2.45, 2.75) is 32.8 Å². The van der Waals surface area contributed by atoms with E-state index < -0.39 is 5.60 Å². The number of hydrogen-bond donors (Lipinski definition) is 2. The van der Waals surface area contributed by atoms with Gasteiger partial charge in [0.05, 0.1) is 12.2 Å². The zero-order valence-corrected chi connectivity index (χ0v) is 13.1. The zero-order valence-electron chi connectivity index (χ0n) is 13.1. The predicted molar refractivity (Wildman–Crippen MR) is 83.2 cm³/mol. The van der Waals surface area contributed by atoms with Gasteiger partial charge in [0, 0.05) is 31.2 Å². The van der Waals surface area contributed by atoms with Crippen molar-refractivity contribution in [1.29, 1.82) is 0 Å². The molecule has 0 aromatic heterocycles. The van der Waals surface area contributed by atoms with Crippen LogP contribution >= 0.6 is 0 Å². The maximum atomic E-state index is 12.1. The number of aryl methyl sites for hydroxylation is 1. The Kier molecular flexibility index (Phi) is 6.41. The lowest BCUT2D eigenvalue weighted by Crippen LogP contribution is -2.39. The minimum Gasteiger partial charge on any atom is -0.395 e. The molecule has 0 unspecified atom stereocenters. The first-order valence-corrected chi connectivity index (χ1v) is 6.93. The predicted octanol–water partition coefficient (Wildman–Crippen LogP) is 1.88. The summed E-state index contributed by atoms with van der Waals surface area (Å²) in [6.45, 7) is 6.24. The molecule has 1 aromatic rings. The molecule has 0 heterocycles. The van der Waals surface area contributed by atoms with Crippen LogP contribution < -0.4 is 5.32 Å². The van der Waals surface area contributed by atoms with Crippen LogP contribution in [-0.2, 0) is 4.74 Å². The number of amides is 1. The van der Waals surface area contributed by atoms with E-state index in [1.165, 1.54) is 0 Å². The number of carbonyl (C=O) groups is 1. The lowest BCUT2D eigenvalue weighted by atomic mass is 10.0. The van der Waals surface area contributed by atoms with E-state index in [-0.39, 0.29) is 12.5 Å². The second kappa shape index (κ2) is 7.82. The van der Waals surface area contributed by atoms with Gasteiger partial charge in [0.15, 0.2) is 0 Å². The van der Waals surface area contributed by atoms with Crippen molar-refractivity contribution in [2.24, 2.45) is 0 Å². The average Bonchev–Trinajstić information content (AvgIpc) is 2.47. The Labute approximate surface area is 126 Å². The molecule has 0 aliphatic heterocycles. The Morgan fingerprint density at radius 1 is 1.43 bits per heavy atom. The van der Waals surface area contributed by atoms with Crippen LogP contribution in [0.1, 0.15) is 41.8 Å². The monoisotopic (exact) mass is 289 g/mol. The molecule has 4 heteroatoms. The smallest absolute Gasteiger partial charge is 0.251 e. The molecule has 4 nitrogen and oxygen atoms in total. The first-order valence-electron chi connectivity index (χ1n) is 6.93. The molecule has 0 aliphatic carbocycles. The maximum absolute atomic E-state index is 12.1. The van der Waals surface area contributed by atoms with Crippen molar-refractivity contribution < 1.29 is 14.6 Å². The van der Waals surface area contributed by atoms with Crippen molar-refractivity contribution >= 4 is 5.91 Å². The summed E-state index contributed by atoms with van der Waals surface area (Å²) in [5, 5.41) is 11.6. The van der Waals surface area contributed by atoms with Gasteiger partial charge in [-0.3, -0.25) is 4.79 Å². The summed E-state index contributed by atoms with van der Waals surface area (Å²) in [6, 6.07) is 5.43. The Morgan fingerprint density at radius 2 is 2.14 bits per heavy atom. The standard InChI is InChI=1S/C17H23NO3/c1-13-8-9-15(11-14(13)7-5-6-10-19)16(20)18-12-17(2,3)21-4/h8-9,11,19H,6,10,12H2,1-4H3,(H,18,20). The third-order valence-electron chi connectivity index (χ3n) is 3.19. The van der Waals surface area contributed by atoms with Crippen molar-refractivity contribution in [2.75, 3.05) is 20.3 Å². The normalized spacial score (nSPS) is 10.7. The SMILES string of the molecule is COC(C)(C)CNC(=O)c1ccc(C)c(C#CCCO)c1. The van der Waals surface area contributed by atoms with Crippen LogP contribution in [0.2, 0.25) is 0 Å². The van der Waals surface area contributed by atoms with Gasteiger partial charge in [0.2, 0.25) is 0 Å². The largest absolute Gasteiger partial charge is 0.395 e. The number of nitrogens with one attached hydrogen (secondary N) is 1. The number of ether oxygens (including phenoxy) is 1. The lowest BCUT2D eigenvalue weighted by molar-refractivity contribution is 0.0229. The lowest BCUT2D eigenvalue weighted by Gasteiger charge is -2.23. The van der Waals surface area contributed by atoms with Crippen molar-refractivity contribution in [3.8, 4) is 11.8 Å². The topological polar surface area (TPSA) is 58.6 Å². The van der Waals surface area contributed by atoms with Crippen LogP contribution in [0, 0.1) is 18.8 Å². The summed E-state index contributed by atoms with van der Waals surface area (Å²) in [7, 11) is 1.62. The summed E-state index contributed by atoms with van der Waals surface area (Å²) in [5.41, 5.74) is 1.99. The number of carbonyl (C=O) groups excluding carboxylic acids is 1. The number of methoxy groups -OCH3 is 1. The van der Waals surface area contributed by atoms with Crippen molar-refractivity contribution in [3.05, 3.63) is 34.9 Å². The zero-order chi connectivity index (χ0) is 15.9. The van der Waals surface area contributed by atoms with Crippen molar-refractivity contribution in [3.63, 3.8) is 0 Å². The van der Waals surface area contributed by atoms with Gasteiger partial charge in [0.25, 0.3) is 5.91 Å². The molecule has 2 N–H and O–H groups in total. The van der Waals surface area contributed by atoms with E-state index in [1.807, 2.05) is 26.8 Å². The third kappa shape index (κ3) is 5.58. The molecular formula is C17H23NO3. The molecule has 0 saturated carbocycles. The van der Waals surface area contributed by atoms with E-state index in [0.29, 0.717) is 18.5 Å². The molecule has 1 aromatic carbocycles. The summed E-state index contributed by atoms with van der Waals surface area (Å²) < 4.78 is 5.27. The Morgan fingerprint density at radius 3 is 2.76 bits per heavy atom. The van der Waals surface area contributed by atoms with Crippen LogP contribution in [-0.4, -0.2) is 36.9 Å². The number of rotatable bonds is 5. The van der Waals surface area contributed by atoms with E-state index in [2.05, 4.69) is 17.2 Å². The van der Waals surface area contributed by atoms with E-state index in [0.717, 1.165) is 11.1 Å². The van der Waals surface area contributed by atoms with Gasteiger partial charge in [0.1, 0.15) is 0 Å². The van der Waals surface area contributed by atoms with Crippen molar-refractivity contribution in [1.82, 2.24) is 5.32 Å². The van der Waals surface area contributed by atoms with Crippen LogP contribution in [0.3, 0.4) is 0 Å². The molecule has 0 bridgehead atoms. The van der Waals surface area contributed by atoms with Crippen LogP contribution in [0.5, 0.6) is 0 Å². The highest BCUT2D eigenvalue weighted by molar-refractivity contribution is 5.94. The molecule has 0 spiro atoms. The molecule has 21 heavy (non-hydrogen) atoms. The van der Waals surface area contributed by atoms with E-state index >= 15 is 0 Å². The fourth-order valence-electron chi connectivity index (χ4n) is 1.58. The van der Waals surface area contributed by atoms with Crippen LogP contribution in [0.15, 0.2) is 18.2 Å². The van der Waals surface area contributed by atoms with E-state index in [4.69, 9.17) is 9.84 Å². The minimum atomic E-state index is -0.399. The van der Waals surface area contributed by atoms with Gasteiger partial charge in [-0.05, 0) is 38.5 Å². The Bertz CT molecular complexity index is 553. The van der Waals surface area contributed by atoms with Gasteiger partial charge >= 0.3 is 0 Å². The molecular weight excluding hydrogens is 266 g/mol. The fraction of sp³-hybridized carbons (Fsp3) is 0.471. The quantitative estimate of drug-likeness (QED) is 0.814. The molecule has 114 valence electrons. The number of hydrogen-bond acceptors (Lipinski definition) is 3. The van der Waals surface area contributed by atoms with Crippen LogP contribution in [0.25, 0.3) is 0 Å². The number of aliphatic hydroxyl groups is 1. The van der Waals surface area contributed by atoms with Gasteiger partial charge in [-0.25, -0.2) is 0 Å². The summed E-state index contributed by atoms with van der Waals surface area (Å²) in [6.07, 6.45) is 0.428. The molecule has 0 radical (unpaired) electrons. The maximum Gasteiger partial charge on any atom is 0.251 e. The van der Waals surface area contributed by atoms with Gasteiger partial charge < -0.3 is 15.2 Å². The van der Waals surface area contributed by atoms with Gasteiger partial charge in [-0.2, -0.15) is 0 Å². The summed E-state index contributed by atoms with van der Waals surface area (Å²) in [5.74, 6) is 5.70. The summed E-state index contributed by atoms with van der Waals surface area (Å²) >= 11 is 0. The first-order chi connectivity index (χ1) is 9.89. The third-order valence-corrected chi connectivity index (χ3v) is 3.19. The number of benzene rings is 1. The van der Waals surface area contributed by atoms with Gasteiger partial charge in [-0.1, -0.05) is 17.9 Å². The highest BCUT2D eigenvalue weighted by Crippen LogP contribution is 2.11. The Hall–Kier alpha value is -1.83. The first kappa shape index (κ1) is 17.2. The minimum absolute atomic E-state index is 0.0400. The fourth-order valence-corrected chi connectivity index (χ4v) is 1.58. The molecule has 1 rings (SSSR count). The second-order valence-electron chi connectivity index (χ2n) is 5.45. The van der Waals surface area contributed by atoms with E-state index in [9.17, 15) is 4.79 Å². The molecule has 0 fully saturated rings. The highest BCUT2D eigenvalue weighted by Gasteiger charge is 2.18. The molecule has 0 atom stereocenters. The van der Waals surface area contributed by atoms with E-state index in [1.54, 1.807) is 19.2 Å². The summed E-state index contributed by atoms with van der Waals surface area (Å²) in [4.78, 5) is 12.1. The Balaban J connectivity index is 2.82. The van der Waals surface area contributed by atoms with Gasteiger partial charge in [-0.15, -0.1) is 0 Å². The molecule has 0 saturated heterocycles. The average molecular weight is 289 g/mol. The number of aliphatic hydroxyl groups excluding tert-OH is 1. The second-order valence-corrected chi connectivity index (χ2v) is 5.45. The van der Waals surface area contributed by atoms with Crippen LogP contribution in [0.4, 0.5) is 0 Å². The highest BCUT2D eigenvalue weighted by atomic mass is 16.5.